The maximum atomic E-state index is 13.3. The lowest BCUT2D eigenvalue weighted by molar-refractivity contribution is -0.562. The molecule has 28 heavy (non-hydrogen) atoms. The van der Waals surface area contributed by atoms with Gasteiger partial charge in [0.2, 0.25) is 0 Å². The van der Waals surface area contributed by atoms with Gasteiger partial charge in [-0.3, -0.25) is 4.74 Å². The van der Waals surface area contributed by atoms with Crippen LogP contribution < -0.4 is 0 Å². The molecule has 0 aromatic carbocycles. The fourth-order valence-electron chi connectivity index (χ4n) is 0.972. The molecule has 170 valence electrons. The Labute approximate surface area is 139 Å². The van der Waals surface area contributed by atoms with Gasteiger partial charge in [-0.2, -0.15) is 79.0 Å². The molecule has 0 saturated carbocycles. The first-order chi connectivity index (χ1) is 11.7. The van der Waals surface area contributed by atoms with Crippen LogP contribution in [0.3, 0.4) is 0 Å². The minimum atomic E-state index is -8.05. The van der Waals surface area contributed by atoms with E-state index in [1.54, 1.807) is 0 Å². The van der Waals surface area contributed by atoms with Crippen LogP contribution in [0, 0.1) is 0 Å². The summed E-state index contributed by atoms with van der Waals surface area (Å²) in [5.74, 6) is -15.9. The summed E-state index contributed by atoms with van der Waals surface area (Å²) in [6, 6.07) is 0. The van der Waals surface area contributed by atoms with Crippen molar-refractivity contribution >= 4 is 0 Å². The van der Waals surface area contributed by atoms with E-state index in [0.717, 1.165) is 9.47 Å². The number of hydrogen-bond acceptors (Lipinski definition) is 2. The van der Waals surface area contributed by atoms with Gasteiger partial charge in [-0.25, -0.2) is 4.74 Å². The standard InChI is InChI=1S/C8F18O2/c9-1(10,3(12,13)14)6(21,22)27-2(11,4(15,16)17)7(23,24)28-8(25,26)5(18,19)20. The average molecular weight is 470 g/mol. The molecule has 1 unspecified atom stereocenters. The minimum Gasteiger partial charge on any atom is -0.262 e. The molecule has 0 aliphatic heterocycles. The lowest BCUT2D eigenvalue weighted by Gasteiger charge is -2.39. The van der Waals surface area contributed by atoms with Crippen LogP contribution in [0.1, 0.15) is 0 Å². The number of alkyl halides is 18. The summed E-state index contributed by atoms with van der Waals surface area (Å²) in [6.45, 7) is 0. The maximum absolute atomic E-state index is 13.3. The Morgan fingerprint density at radius 1 is 0.321 bits per heavy atom. The Hall–Kier alpha value is -1.34. The molecule has 0 aromatic heterocycles. The molecule has 0 saturated heterocycles. The molecule has 0 aromatic rings. The molecule has 0 rings (SSSR count). The largest absolute Gasteiger partial charge is 0.483 e. The molecule has 0 radical (unpaired) electrons. The van der Waals surface area contributed by atoms with Gasteiger partial charge < -0.3 is 0 Å². The third-order valence-electron chi connectivity index (χ3n) is 2.32. The monoisotopic (exact) mass is 470 g/mol. The van der Waals surface area contributed by atoms with Crippen LogP contribution in [0.4, 0.5) is 79.0 Å². The Bertz CT molecular complexity index is 553. The fraction of sp³-hybridized carbons (Fsp3) is 1.00. The van der Waals surface area contributed by atoms with Crippen molar-refractivity contribution in [3.05, 3.63) is 0 Å². The van der Waals surface area contributed by atoms with Gasteiger partial charge in [-0.15, -0.1) is 0 Å². The minimum absolute atomic E-state index is 1.13. The van der Waals surface area contributed by atoms with Crippen LogP contribution in [0.25, 0.3) is 0 Å². The zero-order valence-corrected chi connectivity index (χ0v) is 11.6. The van der Waals surface area contributed by atoms with Gasteiger partial charge in [0, 0.05) is 0 Å². The number of ether oxygens (including phenoxy) is 2. The highest BCUT2D eigenvalue weighted by Crippen LogP contribution is 2.56. The summed E-state index contributed by atoms with van der Waals surface area (Å²) < 4.78 is 223. The zero-order valence-electron chi connectivity index (χ0n) is 11.6. The highest BCUT2D eigenvalue weighted by Gasteiger charge is 2.85. The van der Waals surface area contributed by atoms with Crippen molar-refractivity contribution < 1.29 is 88.5 Å². The average Bonchev–Trinajstić information content (AvgIpc) is 2.31. The lowest BCUT2D eigenvalue weighted by atomic mass is 10.2. The van der Waals surface area contributed by atoms with Crippen LogP contribution in [-0.2, 0) is 9.47 Å². The second kappa shape index (κ2) is 6.59. The van der Waals surface area contributed by atoms with Crippen LogP contribution >= 0.6 is 0 Å². The Morgan fingerprint density at radius 3 is 0.929 bits per heavy atom. The predicted octanol–water partition coefficient (Wildman–Crippen LogP) is 5.79. The highest BCUT2D eigenvalue weighted by molar-refractivity contribution is 4.93. The third kappa shape index (κ3) is 4.46. The predicted molar refractivity (Wildman–Crippen MR) is 44.0 cm³/mol. The van der Waals surface area contributed by atoms with Gasteiger partial charge in [0.25, 0.3) is 0 Å². The first-order valence-electron chi connectivity index (χ1n) is 5.47. The quantitative estimate of drug-likeness (QED) is 0.458. The molecule has 1 atom stereocenters. The summed E-state index contributed by atoms with van der Waals surface area (Å²) in [5.41, 5.74) is 0. The first-order valence-corrected chi connectivity index (χ1v) is 5.47. The second-order valence-electron chi connectivity index (χ2n) is 4.42. The number of rotatable bonds is 6. The second-order valence-corrected chi connectivity index (χ2v) is 4.42. The van der Waals surface area contributed by atoms with E-state index in [4.69, 9.17) is 0 Å². The summed E-state index contributed by atoms with van der Waals surface area (Å²) >= 11 is 0. The van der Waals surface area contributed by atoms with Crippen molar-refractivity contribution in [3.63, 3.8) is 0 Å². The molecule has 2 nitrogen and oxygen atoms in total. The van der Waals surface area contributed by atoms with Crippen LogP contribution in [0.2, 0.25) is 0 Å². The van der Waals surface area contributed by atoms with E-state index in [1.165, 1.54) is 0 Å². The zero-order chi connectivity index (χ0) is 23.4. The highest BCUT2D eigenvalue weighted by atomic mass is 19.4. The maximum Gasteiger partial charge on any atom is 0.483 e. The Balaban J connectivity index is 6.38. The van der Waals surface area contributed by atoms with Crippen molar-refractivity contribution in [2.45, 2.75) is 48.6 Å². The van der Waals surface area contributed by atoms with E-state index in [0.29, 0.717) is 0 Å². The van der Waals surface area contributed by atoms with Crippen LogP contribution in [0.15, 0.2) is 0 Å². The van der Waals surface area contributed by atoms with Crippen LogP contribution in [-0.4, -0.2) is 48.6 Å². The molecule has 0 aliphatic rings. The van der Waals surface area contributed by atoms with Crippen molar-refractivity contribution in [3.8, 4) is 0 Å². The first kappa shape index (κ1) is 26.7. The number of hydrogen-bond donors (Lipinski definition) is 0. The molecule has 0 amide bonds. The summed E-state index contributed by atoms with van der Waals surface area (Å²) in [6.07, 6.45) is -46.1. The van der Waals surface area contributed by atoms with E-state index < -0.39 is 48.6 Å². The van der Waals surface area contributed by atoms with Gasteiger partial charge in [0.05, 0.1) is 0 Å². The molecular weight excluding hydrogens is 470 g/mol. The molecule has 0 N–H and O–H groups in total. The lowest BCUT2D eigenvalue weighted by Crippen LogP contribution is -2.66. The summed E-state index contributed by atoms with van der Waals surface area (Å²) in [7, 11) is 0. The van der Waals surface area contributed by atoms with Gasteiger partial charge in [0.1, 0.15) is 0 Å². The molecule has 0 heterocycles. The van der Waals surface area contributed by atoms with Gasteiger partial charge in [-0.1, -0.05) is 0 Å². The molecule has 0 aliphatic carbocycles. The molecule has 0 bridgehead atoms. The van der Waals surface area contributed by atoms with E-state index in [9.17, 15) is 79.0 Å². The molecular formula is C8F18O2. The SMILES string of the molecule is FC(F)(F)C(F)(F)OC(F)(F)C(F)(OC(F)(F)C(F)(F)C(F)(F)F)C(F)(F)F. The van der Waals surface area contributed by atoms with E-state index >= 15 is 0 Å². The normalized spacial score (nSPS) is 18.2. The Kier molecular flexibility index (Phi) is 6.27. The Morgan fingerprint density at radius 2 is 0.679 bits per heavy atom. The summed E-state index contributed by atoms with van der Waals surface area (Å²) in [4.78, 5) is 0. The van der Waals surface area contributed by atoms with Crippen molar-refractivity contribution in [1.82, 2.24) is 0 Å². The topological polar surface area (TPSA) is 18.5 Å². The molecule has 0 fully saturated rings. The fourth-order valence-corrected chi connectivity index (χ4v) is 0.972. The van der Waals surface area contributed by atoms with E-state index in [1.807, 2.05) is 0 Å². The van der Waals surface area contributed by atoms with Crippen molar-refractivity contribution in [1.29, 1.82) is 0 Å². The number of halogens is 18. The van der Waals surface area contributed by atoms with Crippen LogP contribution in [0.5, 0.6) is 0 Å². The van der Waals surface area contributed by atoms with Gasteiger partial charge in [0.15, 0.2) is 0 Å². The summed E-state index contributed by atoms with van der Waals surface area (Å²) in [5, 5.41) is 0. The van der Waals surface area contributed by atoms with Gasteiger partial charge in [-0.05, 0) is 0 Å². The van der Waals surface area contributed by atoms with E-state index in [2.05, 4.69) is 0 Å². The third-order valence-corrected chi connectivity index (χ3v) is 2.32. The van der Waals surface area contributed by atoms with E-state index in [-0.39, 0.29) is 0 Å². The van der Waals surface area contributed by atoms with Crippen molar-refractivity contribution in [2.24, 2.45) is 0 Å². The van der Waals surface area contributed by atoms with Gasteiger partial charge >= 0.3 is 48.6 Å². The smallest absolute Gasteiger partial charge is 0.262 e. The molecule has 20 heteroatoms. The van der Waals surface area contributed by atoms with Crippen molar-refractivity contribution in [2.75, 3.05) is 0 Å². The molecule has 0 spiro atoms.